The van der Waals surface area contributed by atoms with Gasteiger partial charge in [-0.1, -0.05) is 6.04 Å². The Morgan fingerprint density at radius 1 is 1.77 bits per heavy atom. The number of pyridine rings is 1. The summed E-state index contributed by atoms with van der Waals surface area (Å²) in [5, 5.41) is 11.7. The van der Waals surface area contributed by atoms with Gasteiger partial charge in [0.05, 0.1) is 11.5 Å². The Hall–Kier alpha value is -1.42. The Balaban J connectivity index is 2.46. The fourth-order valence-electron chi connectivity index (χ4n) is 1.25. The minimum atomic E-state index is -1.16. The standard InChI is InChI=1S/C9H10N2O2/c12-8-4-7(11-9(8)13)6-2-1-3-10-5-6/h1-3,5,7-8,12H,4H2,(H,11,13)/t7-,8+/m1/s1/i1D,2D,3D,5D. The van der Waals surface area contributed by atoms with Crippen LogP contribution in [-0.2, 0) is 4.79 Å². The average molecular weight is 182 g/mol. The molecule has 0 bridgehead atoms. The van der Waals surface area contributed by atoms with Crippen molar-refractivity contribution in [2.75, 3.05) is 0 Å². The monoisotopic (exact) mass is 182 g/mol. The molecule has 1 aliphatic rings. The average Bonchev–Trinajstić information content (AvgIpc) is 2.56. The Bertz CT molecular complexity index is 494. The molecule has 4 heteroatoms. The molecule has 0 radical (unpaired) electrons. The van der Waals surface area contributed by atoms with Crippen LogP contribution < -0.4 is 5.32 Å². The van der Waals surface area contributed by atoms with Gasteiger partial charge in [0.1, 0.15) is 6.10 Å². The molecule has 2 heterocycles. The van der Waals surface area contributed by atoms with Crippen LogP contribution in [0, 0.1) is 0 Å². The van der Waals surface area contributed by atoms with Gasteiger partial charge in [-0.2, -0.15) is 0 Å². The van der Waals surface area contributed by atoms with Gasteiger partial charge in [-0.3, -0.25) is 9.78 Å². The van der Waals surface area contributed by atoms with Crippen molar-refractivity contribution in [3.63, 3.8) is 0 Å². The number of amides is 1. The lowest BCUT2D eigenvalue weighted by Crippen LogP contribution is -2.23. The Morgan fingerprint density at radius 2 is 2.62 bits per heavy atom. The Morgan fingerprint density at radius 3 is 3.31 bits per heavy atom. The summed E-state index contributed by atoms with van der Waals surface area (Å²) in [5.74, 6) is -0.560. The van der Waals surface area contributed by atoms with Crippen LogP contribution in [0.2, 0.25) is 0 Å². The lowest BCUT2D eigenvalue weighted by atomic mass is 10.1. The molecule has 1 saturated heterocycles. The molecule has 2 atom stereocenters. The van der Waals surface area contributed by atoms with Crippen molar-refractivity contribution in [2.24, 2.45) is 0 Å². The summed E-state index contributed by atoms with van der Waals surface area (Å²) in [4.78, 5) is 14.7. The second kappa shape index (κ2) is 3.14. The summed E-state index contributed by atoms with van der Waals surface area (Å²) >= 11 is 0. The molecule has 0 saturated carbocycles. The molecule has 4 nitrogen and oxygen atoms in total. The van der Waals surface area contributed by atoms with Crippen molar-refractivity contribution in [3.8, 4) is 0 Å². The van der Waals surface area contributed by atoms with Crippen molar-refractivity contribution in [1.82, 2.24) is 10.3 Å². The highest BCUT2D eigenvalue weighted by atomic mass is 16.3. The van der Waals surface area contributed by atoms with Crippen LogP contribution in [0.4, 0.5) is 0 Å². The second-order valence-electron chi connectivity index (χ2n) is 2.81. The molecular formula is C9H10N2O2. The molecule has 1 aliphatic heterocycles. The molecule has 2 rings (SSSR count). The van der Waals surface area contributed by atoms with E-state index in [2.05, 4.69) is 10.3 Å². The van der Waals surface area contributed by atoms with E-state index in [0.29, 0.717) is 0 Å². The third-order valence-electron chi connectivity index (χ3n) is 1.91. The van der Waals surface area contributed by atoms with Gasteiger partial charge in [0.25, 0.3) is 0 Å². The van der Waals surface area contributed by atoms with E-state index in [1.807, 2.05) is 0 Å². The SMILES string of the molecule is [2H]c1nc([2H])c([C@H]2C[C@H](O)C(=O)N2)c([2H])c1[2H]. The summed E-state index contributed by atoms with van der Waals surface area (Å²) < 4.78 is 30.0. The van der Waals surface area contributed by atoms with Gasteiger partial charge in [0.15, 0.2) is 0 Å². The number of aliphatic hydroxyl groups excluding tert-OH is 1. The van der Waals surface area contributed by atoms with Gasteiger partial charge < -0.3 is 10.4 Å². The number of hydrogen-bond donors (Lipinski definition) is 2. The van der Waals surface area contributed by atoms with Gasteiger partial charge in [-0.25, -0.2) is 0 Å². The Kier molecular flexibility index (Phi) is 1.14. The van der Waals surface area contributed by atoms with Crippen LogP contribution in [0.1, 0.15) is 23.5 Å². The summed E-state index contributed by atoms with van der Waals surface area (Å²) in [5.41, 5.74) is 0.0795. The van der Waals surface area contributed by atoms with Crippen molar-refractivity contribution >= 4 is 5.91 Å². The van der Waals surface area contributed by atoms with Gasteiger partial charge in [-0.05, 0) is 11.6 Å². The van der Waals surface area contributed by atoms with E-state index in [1.54, 1.807) is 0 Å². The number of hydrogen-bond acceptors (Lipinski definition) is 3. The first-order valence-electron chi connectivity index (χ1n) is 5.84. The predicted molar refractivity (Wildman–Crippen MR) is 45.7 cm³/mol. The number of carbonyl (C=O) groups excluding carboxylic acids is 1. The quantitative estimate of drug-likeness (QED) is 0.642. The number of rotatable bonds is 1. The highest BCUT2D eigenvalue weighted by Crippen LogP contribution is 2.22. The zero-order valence-electron chi connectivity index (χ0n) is 10.7. The van der Waals surface area contributed by atoms with Crippen molar-refractivity contribution in [2.45, 2.75) is 18.6 Å². The van der Waals surface area contributed by atoms with E-state index < -0.39 is 24.2 Å². The number of carbonyl (C=O) groups is 1. The second-order valence-corrected chi connectivity index (χ2v) is 2.81. The van der Waals surface area contributed by atoms with Crippen molar-refractivity contribution in [3.05, 3.63) is 30.0 Å². The van der Waals surface area contributed by atoms with E-state index in [-0.39, 0.29) is 30.2 Å². The third kappa shape index (κ3) is 1.53. The lowest BCUT2D eigenvalue weighted by Gasteiger charge is -2.07. The molecule has 0 aromatic carbocycles. The van der Waals surface area contributed by atoms with Gasteiger partial charge in [0, 0.05) is 18.8 Å². The van der Waals surface area contributed by atoms with Crippen LogP contribution in [0.3, 0.4) is 0 Å². The fraction of sp³-hybridized carbons (Fsp3) is 0.333. The first-order valence-corrected chi connectivity index (χ1v) is 3.84. The molecule has 13 heavy (non-hydrogen) atoms. The zero-order chi connectivity index (χ0) is 12.7. The molecule has 0 aliphatic carbocycles. The summed E-state index contributed by atoms with van der Waals surface area (Å²) in [6.07, 6.45) is -1.86. The molecule has 1 amide bonds. The zero-order valence-corrected chi connectivity index (χ0v) is 6.66. The highest BCUT2D eigenvalue weighted by Gasteiger charge is 2.30. The smallest absolute Gasteiger partial charge is 0.249 e. The van der Waals surface area contributed by atoms with Crippen LogP contribution in [-0.4, -0.2) is 22.1 Å². The molecular weight excluding hydrogens is 168 g/mol. The van der Waals surface area contributed by atoms with Crippen LogP contribution >= 0.6 is 0 Å². The third-order valence-corrected chi connectivity index (χ3v) is 1.91. The maximum atomic E-state index is 11.1. The Labute approximate surface area is 81.2 Å². The van der Waals surface area contributed by atoms with Crippen LogP contribution in [0.25, 0.3) is 0 Å². The molecule has 2 N–H and O–H groups in total. The first-order chi connectivity index (χ1) is 7.91. The van der Waals surface area contributed by atoms with E-state index in [9.17, 15) is 9.90 Å². The lowest BCUT2D eigenvalue weighted by molar-refractivity contribution is -0.126. The maximum Gasteiger partial charge on any atom is 0.249 e. The number of aromatic nitrogens is 1. The van der Waals surface area contributed by atoms with Gasteiger partial charge in [0.2, 0.25) is 5.91 Å². The number of nitrogens with one attached hydrogen (secondary N) is 1. The molecule has 0 unspecified atom stereocenters. The number of aliphatic hydroxyl groups is 1. The van der Waals surface area contributed by atoms with Gasteiger partial charge >= 0.3 is 0 Å². The topological polar surface area (TPSA) is 62.2 Å². The van der Waals surface area contributed by atoms with E-state index in [1.165, 1.54) is 0 Å². The number of nitrogens with zero attached hydrogens (tertiary/aromatic N) is 1. The van der Waals surface area contributed by atoms with E-state index in [0.717, 1.165) is 0 Å². The van der Waals surface area contributed by atoms with E-state index in [4.69, 9.17) is 5.48 Å². The fourth-order valence-corrected chi connectivity index (χ4v) is 1.25. The first kappa shape index (κ1) is 4.72. The highest BCUT2D eigenvalue weighted by molar-refractivity contribution is 5.83. The van der Waals surface area contributed by atoms with Crippen LogP contribution in [0.15, 0.2) is 24.4 Å². The molecule has 1 aromatic rings. The van der Waals surface area contributed by atoms with Crippen LogP contribution in [0.5, 0.6) is 0 Å². The molecule has 0 spiro atoms. The van der Waals surface area contributed by atoms with Crippen molar-refractivity contribution < 1.29 is 15.4 Å². The molecule has 1 fully saturated rings. The molecule has 68 valence electrons. The van der Waals surface area contributed by atoms with Crippen molar-refractivity contribution in [1.29, 1.82) is 0 Å². The largest absolute Gasteiger partial charge is 0.383 e. The summed E-state index contributed by atoms with van der Waals surface area (Å²) in [6, 6.07) is -1.37. The minimum Gasteiger partial charge on any atom is -0.383 e. The normalized spacial score (nSPS) is 31.6. The minimum absolute atomic E-state index is 0.0507. The predicted octanol–water partition coefficient (Wildman–Crippen LogP) is 0.00350. The summed E-state index contributed by atoms with van der Waals surface area (Å²) in [6.45, 7) is 0. The van der Waals surface area contributed by atoms with E-state index >= 15 is 0 Å². The van der Waals surface area contributed by atoms with Gasteiger partial charge in [-0.15, -0.1) is 0 Å². The molecule has 1 aromatic heterocycles. The summed E-state index contributed by atoms with van der Waals surface area (Å²) in [7, 11) is 0. The maximum absolute atomic E-state index is 11.1.